The first kappa shape index (κ1) is 11.5. The van der Waals surface area contributed by atoms with Crippen molar-refractivity contribution < 1.29 is 9.90 Å². The molecule has 0 radical (unpaired) electrons. The fraction of sp³-hybridized carbons (Fsp3) is 0.917. The third-order valence-electron chi connectivity index (χ3n) is 4.03. The fourth-order valence-corrected chi connectivity index (χ4v) is 2.41. The summed E-state index contributed by atoms with van der Waals surface area (Å²) in [6.07, 6.45) is 3.76. The van der Waals surface area contributed by atoms with E-state index in [9.17, 15) is 9.90 Å². The van der Waals surface area contributed by atoms with E-state index in [1.54, 1.807) is 0 Å². The van der Waals surface area contributed by atoms with Gasteiger partial charge in [0.1, 0.15) is 0 Å². The van der Waals surface area contributed by atoms with Gasteiger partial charge >= 0.3 is 5.97 Å². The maximum atomic E-state index is 11.3. The Bertz CT molecular complexity index is 218. The molecular formula is C12H22O2. The minimum Gasteiger partial charge on any atom is -0.481 e. The van der Waals surface area contributed by atoms with Gasteiger partial charge in [0.25, 0.3) is 0 Å². The van der Waals surface area contributed by atoms with Crippen LogP contribution in [0.15, 0.2) is 0 Å². The molecule has 1 fully saturated rings. The van der Waals surface area contributed by atoms with Crippen molar-refractivity contribution in [3.05, 3.63) is 0 Å². The zero-order chi connectivity index (χ0) is 11.0. The molecule has 1 N–H and O–H groups in total. The van der Waals surface area contributed by atoms with Crippen molar-refractivity contribution in [3.63, 3.8) is 0 Å². The second kappa shape index (κ2) is 3.56. The third kappa shape index (κ3) is 1.94. The first-order valence-corrected chi connectivity index (χ1v) is 5.54. The van der Waals surface area contributed by atoms with E-state index in [4.69, 9.17) is 0 Å². The minimum atomic E-state index is -0.594. The lowest BCUT2D eigenvalue weighted by molar-refractivity contribution is -0.156. The van der Waals surface area contributed by atoms with Crippen LogP contribution >= 0.6 is 0 Å². The molecule has 0 heterocycles. The van der Waals surface area contributed by atoms with Gasteiger partial charge in [-0.3, -0.25) is 4.79 Å². The Balaban J connectivity index is 2.80. The number of carboxylic acids is 1. The van der Waals surface area contributed by atoms with E-state index < -0.39 is 11.4 Å². The maximum absolute atomic E-state index is 11.3. The van der Waals surface area contributed by atoms with E-state index in [2.05, 4.69) is 13.8 Å². The lowest BCUT2D eigenvalue weighted by atomic mass is 9.61. The van der Waals surface area contributed by atoms with Gasteiger partial charge in [-0.1, -0.05) is 27.7 Å². The lowest BCUT2D eigenvalue weighted by Crippen LogP contribution is -2.41. The highest BCUT2D eigenvalue weighted by atomic mass is 16.4. The van der Waals surface area contributed by atoms with Crippen LogP contribution in [0.3, 0.4) is 0 Å². The Morgan fingerprint density at radius 2 is 1.57 bits per heavy atom. The second-order valence-electron chi connectivity index (χ2n) is 5.78. The van der Waals surface area contributed by atoms with Crippen LogP contribution in [0.2, 0.25) is 0 Å². The lowest BCUT2D eigenvalue weighted by Gasteiger charge is -2.43. The van der Waals surface area contributed by atoms with Crippen LogP contribution in [0.1, 0.15) is 53.4 Å². The van der Waals surface area contributed by atoms with Crippen LogP contribution in [0.5, 0.6) is 0 Å². The molecule has 14 heavy (non-hydrogen) atoms. The maximum Gasteiger partial charge on any atom is 0.309 e. The number of rotatable bonds is 2. The molecule has 2 heteroatoms. The van der Waals surface area contributed by atoms with Crippen LogP contribution < -0.4 is 0 Å². The SMILES string of the molecule is CC(C)C1(C(=O)O)CCC(C)(C)CC1. The predicted octanol–water partition coefficient (Wildman–Crippen LogP) is 3.31. The van der Waals surface area contributed by atoms with Crippen molar-refractivity contribution in [2.24, 2.45) is 16.7 Å². The van der Waals surface area contributed by atoms with Gasteiger partial charge in [0, 0.05) is 0 Å². The highest BCUT2D eigenvalue weighted by molar-refractivity contribution is 5.75. The van der Waals surface area contributed by atoms with Gasteiger partial charge in [0.15, 0.2) is 0 Å². The number of carboxylic acid groups (broad SMARTS) is 1. The normalized spacial score (nSPS) is 24.9. The van der Waals surface area contributed by atoms with Crippen LogP contribution in [0.25, 0.3) is 0 Å². The van der Waals surface area contributed by atoms with Crippen molar-refractivity contribution in [1.29, 1.82) is 0 Å². The van der Waals surface area contributed by atoms with Crippen LogP contribution in [-0.4, -0.2) is 11.1 Å². The Hall–Kier alpha value is -0.530. The number of hydrogen-bond acceptors (Lipinski definition) is 1. The Morgan fingerprint density at radius 1 is 1.14 bits per heavy atom. The van der Waals surface area contributed by atoms with Gasteiger partial charge in [0.2, 0.25) is 0 Å². The molecule has 2 nitrogen and oxygen atoms in total. The summed E-state index contributed by atoms with van der Waals surface area (Å²) in [5, 5.41) is 9.33. The summed E-state index contributed by atoms with van der Waals surface area (Å²) >= 11 is 0. The molecule has 0 aromatic carbocycles. The molecule has 0 spiro atoms. The van der Waals surface area contributed by atoms with Crippen molar-refractivity contribution in [3.8, 4) is 0 Å². The zero-order valence-electron chi connectivity index (χ0n) is 9.76. The third-order valence-corrected chi connectivity index (χ3v) is 4.03. The molecule has 0 bridgehead atoms. The Morgan fingerprint density at radius 3 is 1.86 bits per heavy atom. The molecule has 1 saturated carbocycles. The quantitative estimate of drug-likeness (QED) is 0.739. The number of hydrogen-bond donors (Lipinski definition) is 1. The summed E-state index contributed by atoms with van der Waals surface area (Å²) in [7, 11) is 0. The van der Waals surface area contributed by atoms with Gasteiger partial charge in [-0.15, -0.1) is 0 Å². The standard InChI is InChI=1S/C12H22O2/c1-9(2)12(10(13)14)7-5-11(3,4)6-8-12/h9H,5-8H2,1-4H3,(H,13,14). The topological polar surface area (TPSA) is 37.3 Å². The van der Waals surface area contributed by atoms with Gasteiger partial charge in [-0.2, -0.15) is 0 Å². The Kier molecular flexibility index (Phi) is 2.93. The summed E-state index contributed by atoms with van der Waals surface area (Å²) in [6, 6.07) is 0. The van der Waals surface area contributed by atoms with E-state index in [0.717, 1.165) is 25.7 Å². The minimum absolute atomic E-state index is 0.246. The first-order chi connectivity index (χ1) is 6.30. The molecular weight excluding hydrogens is 176 g/mol. The van der Waals surface area contributed by atoms with E-state index >= 15 is 0 Å². The zero-order valence-corrected chi connectivity index (χ0v) is 9.76. The van der Waals surface area contributed by atoms with Crippen molar-refractivity contribution in [1.82, 2.24) is 0 Å². The molecule has 1 aliphatic carbocycles. The smallest absolute Gasteiger partial charge is 0.309 e. The van der Waals surface area contributed by atoms with Gasteiger partial charge in [-0.05, 0) is 37.0 Å². The molecule has 1 rings (SSSR count). The molecule has 0 amide bonds. The van der Waals surface area contributed by atoms with Crippen LogP contribution in [0, 0.1) is 16.7 Å². The summed E-state index contributed by atoms with van der Waals surface area (Å²) in [4.78, 5) is 11.3. The van der Waals surface area contributed by atoms with Gasteiger partial charge < -0.3 is 5.11 Å². The van der Waals surface area contributed by atoms with Crippen LogP contribution in [-0.2, 0) is 4.79 Å². The van der Waals surface area contributed by atoms with Gasteiger partial charge in [0.05, 0.1) is 5.41 Å². The molecule has 0 saturated heterocycles. The molecule has 82 valence electrons. The van der Waals surface area contributed by atoms with E-state index in [0.29, 0.717) is 5.41 Å². The van der Waals surface area contributed by atoms with E-state index in [1.807, 2.05) is 13.8 Å². The monoisotopic (exact) mass is 198 g/mol. The molecule has 1 aliphatic rings. The summed E-state index contributed by atoms with van der Waals surface area (Å²) in [5.41, 5.74) is -0.108. The predicted molar refractivity (Wildman–Crippen MR) is 57.2 cm³/mol. The Labute approximate surface area is 86.7 Å². The number of aliphatic carboxylic acids is 1. The molecule has 0 aliphatic heterocycles. The number of carbonyl (C=O) groups is 1. The highest BCUT2D eigenvalue weighted by Gasteiger charge is 2.46. The molecule has 0 aromatic rings. The fourth-order valence-electron chi connectivity index (χ4n) is 2.41. The van der Waals surface area contributed by atoms with Crippen LogP contribution in [0.4, 0.5) is 0 Å². The summed E-state index contributed by atoms with van der Waals surface area (Å²) in [6.45, 7) is 8.54. The second-order valence-corrected chi connectivity index (χ2v) is 5.78. The van der Waals surface area contributed by atoms with Crippen molar-refractivity contribution in [2.75, 3.05) is 0 Å². The average molecular weight is 198 g/mol. The molecule has 0 atom stereocenters. The van der Waals surface area contributed by atoms with Crippen molar-refractivity contribution >= 4 is 5.97 Å². The average Bonchev–Trinajstić information content (AvgIpc) is 2.03. The summed E-state index contributed by atoms with van der Waals surface area (Å²) in [5.74, 6) is -0.348. The van der Waals surface area contributed by atoms with E-state index in [1.165, 1.54) is 0 Å². The highest BCUT2D eigenvalue weighted by Crippen LogP contribution is 2.48. The van der Waals surface area contributed by atoms with Gasteiger partial charge in [-0.25, -0.2) is 0 Å². The molecule has 0 unspecified atom stereocenters. The van der Waals surface area contributed by atoms with Crippen molar-refractivity contribution in [2.45, 2.75) is 53.4 Å². The van der Waals surface area contributed by atoms with E-state index in [-0.39, 0.29) is 5.92 Å². The largest absolute Gasteiger partial charge is 0.481 e. The first-order valence-electron chi connectivity index (χ1n) is 5.54. The summed E-state index contributed by atoms with van der Waals surface area (Å²) < 4.78 is 0. The molecule has 0 aromatic heterocycles.